The number of rotatable bonds is 5. The van der Waals surface area contributed by atoms with Crippen LogP contribution in [-0.4, -0.2) is 22.2 Å². The molecule has 0 spiro atoms. The van der Waals surface area contributed by atoms with Crippen LogP contribution in [0.25, 0.3) is 11.3 Å². The summed E-state index contributed by atoms with van der Waals surface area (Å²) in [6.07, 6.45) is 0.973. The molecule has 20 heavy (non-hydrogen) atoms. The lowest BCUT2D eigenvalue weighted by molar-refractivity contribution is 0.0696. The minimum atomic E-state index is -0.896. The maximum atomic E-state index is 11.2. The molecule has 2 rings (SSSR count). The second kappa shape index (κ2) is 5.82. The number of carboxylic acids is 1. The molecule has 1 aromatic carbocycles. The van der Waals surface area contributed by atoms with Gasteiger partial charge in [-0.15, -0.1) is 0 Å². The molecule has 0 aliphatic rings. The van der Waals surface area contributed by atoms with Gasteiger partial charge in [-0.3, -0.25) is 0 Å². The molecule has 0 unspecified atom stereocenters. The molecule has 0 saturated heterocycles. The second-order valence-corrected chi connectivity index (χ2v) is 4.77. The van der Waals surface area contributed by atoms with Gasteiger partial charge in [0.2, 0.25) is 0 Å². The van der Waals surface area contributed by atoms with E-state index >= 15 is 0 Å². The van der Waals surface area contributed by atoms with Gasteiger partial charge in [0.1, 0.15) is 5.75 Å². The highest BCUT2D eigenvalue weighted by Crippen LogP contribution is 2.26. The molecular formula is C16H19NO3. The van der Waals surface area contributed by atoms with Crippen molar-refractivity contribution in [1.82, 2.24) is 4.57 Å². The summed E-state index contributed by atoms with van der Waals surface area (Å²) >= 11 is 0. The number of carboxylic acid groups (broad SMARTS) is 1. The number of hydrogen-bond donors (Lipinski definition) is 1. The Bertz CT molecular complexity index is 611. The highest BCUT2D eigenvalue weighted by Gasteiger charge is 2.15. The number of nitrogens with zero attached hydrogens (tertiary/aromatic N) is 1. The van der Waals surface area contributed by atoms with Crippen molar-refractivity contribution in [3.05, 3.63) is 41.6 Å². The van der Waals surface area contributed by atoms with Gasteiger partial charge in [0.25, 0.3) is 0 Å². The van der Waals surface area contributed by atoms with Gasteiger partial charge in [0.05, 0.1) is 12.2 Å². The lowest BCUT2D eigenvalue weighted by atomic mass is 10.1. The molecule has 0 amide bonds. The van der Waals surface area contributed by atoms with Crippen molar-refractivity contribution in [3.63, 3.8) is 0 Å². The molecule has 0 atom stereocenters. The van der Waals surface area contributed by atoms with Crippen LogP contribution in [0, 0.1) is 6.92 Å². The topological polar surface area (TPSA) is 51.5 Å². The summed E-state index contributed by atoms with van der Waals surface area (Å²) in [4.78, 5) is 11.2. The van der Waals surface area contributed by atoms with Crippen LogP contribution in [0.3, 0.4) is 0 Å². The van der Waals surface area contributed by atoms with Gasteiger partial charge in [-0.25, -0.2) is 4.79 Å². The number of hydrogen-bond acceptors (Lipinski definition) is 2. The van der Waals surface area contributed by atoms with Crippen LogP contribution in [0.2, 0.25) is 0 Å². The SMILES string of the molecule is CCCOc1ccc(-c2cc(C(=O)O)c(C)n2C)cc1. The molecule has 1 aromatic heterocycles. The van der Waals surface area contributed by atoms with E-state index in [0.717, 1.165) is 29.1 Å². The van der Waals surface area contributed by atoms with E-state index < -0.39 is 5.97 Å². The minimum absolute atomic E-state index is 0.341. The summed E-state index contributed by atoms with van der Waals surface area (Å²) in [5.41, 5.74) is 2.96. The lowest BCUT2D eigenvalue weighted by Crippen LogP contribution is -1.99. The Hall–Kier alpha value is -2.23. The van der Waals surface area contributed by atoms with Crippen LogP contribution < -0.4 is 4.74 Å². The average Bonchev–Trinajstić information content (AvgIpc) is 2.74. The Balaban J connectivity index is 2.32. The molecule has 0 aliphatic heterocycles. The van der Waals surface area contributed by atoms with Gasteiger partial charge < -0.3 is 14.4 Å². The van der Waals surface area contributed by atoms with Crippen LogP contribution in [0.1, 0.15) is 29.4 Å². The van der Waals surface area contributed by atoms with Gasteiger partial charge in [0, 0.05) is 18.4 Å². The summed E-state index contributed by atoms with van der Waals surface area (Å²) in [6.45, 7) is 4.58. The van der Waals surface area contributed by atoms with E-state index in [9.17, 15) is 4.79 Å². The lowest BCUT2D eigenvalue weighted by Gasteiger charge is -2.07. The molecule has 1 N–H and O–H groups in total. The van der Waals surface area contributed by atoms with E-state index in [2.05, 4.69) is 6.92 Å². The highest BCUT2D eigenvalue weighted by atomic mass is 16.5. The molecule has 4 nitrogen and oxygen atoms in total. The zero-order valence-corrected chi connectivity index (χ0v) is 12.0. The zero-order valence-electron chi connectivity index (χ0n) is 12.0. The largest absolute Gasteiger partial charge is 0.494 e. The summed E-state index contributed by atoms with van der Waals surface area (Å²) < 4.78 is 7.44. The van der Waals surface area contributed by atoms with Crippen LogP contribution in [-0.2, 0) is 7.05 Å². The molecule has 0 radical (unpaired) electrons. The molecule has 4 heteroatoms. The van der Waals surface area contributed by atoms with Crippen LogP contribution >= 0.6 is 0 Å². The van der Waals surface area contributed by atoms with Gasteiger partial charge in [0.15, 0.2) is 0 Å². The summed E-state index contributed by atoms with van der Waals surface area (Å²) in [6, 6.07) is 9.43. The van der Waals surface area contributed by atoms with Crippen LogP contribution in [0.4, 0.5) is 0 Å². The molecule has 2 aromatic rings. The minimum Gasteiger partial charge on any atom is -0.494 e. The maximum absolute atomic E-state index is 11.2. The Morgan fingerprint density at radius 1 is 1.30 bits per heavy atom. The molecule has 106 valence electrons. The van der Waals surface area contributed by atoms with Crippen LogP contribution in [0.5, 0.6) is 5.75 Å². The van der Waals surface area contributed by atoms with Crippen molar-refractivity contribution in [2.75, 3.05) is 6.61 Å². The average molecular weight is 273 g/mol. The Morgan fingerprint density at radius 3 is 2.45 bits per heavy atom. The molecule has 0 saturated carbocycles. The van der Waals surface area contributed by atoms with E-state index in [1.165, 1.54) is 0 Å². The molecule has 0 fully saturated rings. The van der Waals surface area contributed by atoms with Gasteiger partial charge >= 0.3 is 5.97 Å². The molecular weight excluding hydrogens is 254 g/mol. The van der Waals surface area contributed by atoms with E-state index in [1.54, 1.807) is 6.07 Å². The predicted molar refractivity (Wildman–Crippen MR) is 78.3 cm³/mol. The first-order valence-corrected chi connectivity index (χ1v) is 6.67. The van der Waals surface area contributed by atoms with E-state index in [1.807, 2.05) is 42.8 Å². The first kappa shape index (κ1) is 14.2. The predicted octanol–water partition coefficient (Wildman–Crippen LogP) is 3.49. The quantitative estimate of drug-likeness (QED) is 0.907. The number of aromatic nitrogens is 1. The third-order valence-corrected chi connectivity index (χ3v) is 3.39. The second-order valence-electron chi connectivity index (χ2n) is 4.77. The van der Waals surface area contributed by atoms with Crippen molar-refractivity contribution in [2.45, 2.75) is 20.3 Å². The van der Waals surface area contributed by atoms with Crippen molar-refractivity contribution < 1.29 is 14.6 Å². The van der Waals surface area contributed by atoms with E-state index in [4.69, 9.17) is 9.84 Å². The normalized spacial score (nSPS) is 10.6. The number of carbonyl (C=O) groups is 1. The number of ether oxygens (including phenoxy) is 1. The Kier molecular flexibility index (Phi) is 4.13. The first-order valence-electron chi connectivity index (χ1n) is 6.67. The molecule has 0 bridgehead atoms. The molecule has 0 aliphatic carbocycles. The fourth-order valence-corrected chi connectivity index (χ4v) is 2.13. The zero-order chi connectivity index (χ0) is 14.7. The summed E-state index contributed by atoms with van der Waals surface area (Å²) in [7, 11) is 1.87. The van der Waals surface area contributed by atoms with E-state index in [-0.39, 0.29) is 0 Å². The third-order valence-electron chi connectivity index (χ3n) is 3.39. The number of aromatic carboxylic acids is 1. The highest BCUT2D eigenvalue weighted by molar-refractivity contribution is 5.91. The van der Waals surface area contributed by atoms with Crippen molar-refractivity contribution in [1.29, 1.82) is 0 Å². The van der Waals surface area contributed by atoms with Crippen LogP contribution in [0.15, 0.2) is 30.3 Å². The van der Waals surface area contributed by atoms with Crippen molar-refractivity contribution in [2.24, 2.45) is 7.05 Å². The number of benzene rings is 1. The monoisotopic (exact) mass is 273 g/mol. The fraction of sp³-hybridized carbons (Fsp3) is 0.312. The fourth-order valence-electron chi connectivity index (χ4n) is 2.13. The third kappa shape index (κ3) is 2.69. The standard InChI is InChI=1S/C16H19NO3/c1-4-9-20-13-7-5-12(6-8-13)15-10-14(16(18)19)11(2)17(15)3/h5-8,10H,4,9H2,1-3H3,(H,18,19). The Labute approximate surface area is 118 Å². The summed E-state index contributed by atoms with van der Waals surface area (Å²) in [5, 5.41) is 9.16. The Morgan fingerprint density at radius 2 is 1.95 bits per heavy atom. The first-order chi connectivity index (χ1) is 9.54. The van der Waals surface area contributed by atoms with Gasteiger partial charge in [-0.1, -0.05) is 6.92 Å². The van der Waals surface area contributed by atoms with Crippen molar-refractivity contribution >= 4 is 5.97 Å². The van der Waals surface area contributed by atoms with Gasteiger partial charge in [-0.05, 0) is 49.2 Å². The summed E-state index contributed by atoms with van der Waals surface area (Å²) in [5.74, 6) is -0.0627. The van der Waals surface area contributed by atoms with E-state index in [0.29, 0.717) is 12.2 Å². The molecule has 1 heterocycles. The smallest absolute Gasteiger partial charge is 0.337 e. The van der Waals surface area contributed by atoms with Crippen molar-refractivity contribution in [3.8, 4) is 17.0 Å². The maximum Gasteiger partial charge on any atom is 0.337 e. The van der Waals surface area contributed by atoms with Gasteiger partial charge in [-0.2, -0.15) is 0 Å².